The van der Waals surface area contributed by atoms with Gasteiger partial charge in [-0.3, -0.25) is 4.72 Å². The van der Waals surface area contributed by atoms with Gasteiger partial charge in [-0.15, -0.1) is 0 Å². The molecule has 10 heteroatoms. The molecule has 0 aliphatic rings. The van der Waals surface area contributed by atoms with E-state index in [9.17, 15) is 17.6 Å². The minimum absolute atomic E-state index is 0.151. The number of hydrogen-bond donors (Lipinski definition) is 1. The molecular weight excluding hydrogens is 501 g/mol. The van der Waals surface area contributed by atoms with Crippen LogP contribution in [0.3, 0.4) is 0 Å². The van der Waals surface area contributed by atoms with E-state index in [2.05, 4.69) is 4.72 Å². The van der Waals surface area contributed by atoms with Crippen molar-refractivity contribution in [1.29, 1.82) is 0 Å². The van der Waals surface area contributed by atoms with E-state index in [1.807, 2.05) is 0 Å². The van der Waals surface area contributed by atoms with Crippen LogP contribution in [-0.4, -0.2) is 33.4 Å². The molecular formula is C27H26FNO7S. The highest BCUT2D eigenvalue weighted by atomic mass is 32.2. The average molecular weight is 528 g/mol. The van der Waals surface area contributed by atoms with Crippen LogP contribution in [0.1, 0.15) is 31.1 Å². The quantitative estimate of drug-likeness (QED) is 0.252. The summed E-state index contributed by atoms with van der Waals surface area (Å²) in [6, 6.07) is 15.5. The molecule has 0 spiro atoms. The number of fused-ring (bicyclic) bond motifs is 1. The fraction of sp³-hybridized carbons (Fsp3) is 0.222. The predicted molar refractivity (Wildman–Crippen MR) is 138 cm³/mol. The van der Waals surface area contributed by atoms with Crippen LogP contribution < -0.4 is 14.2 Å². The van der Waals surface area contributed by atoms with Crippen molar-refractivity contribution in [2.45, 2.75) is 26.9 Å². The van der Waals surface area contributed by atoms with Gasteiger partial charge in [-0.1, -0.05) is 0 Å². The number of nitrogens with one attached hydrogen (secondary N) is 1. The number of anilines is 1. The molecule has 0 aliphatic carbocycles. The Labute approximate surface area is 214 Å². The fourth-order valence-electron chi connectivity index (χ4n) is 3.68. The third kappa shape index (κ3) is 6.21. The summed E-state index contributed by atoms with van der Waals surface area (Å²) in [6.07, 6.45) is 0.771. The SMILES string of the molecule is CCOC(=O)c1c(-c2ccc(Oc3ccc(F)cc3)cc2)oc2cc(NS(C)(=O)=O)c(OC(C)C)cc12. The zero-order valence-electron chi connectivity index (χ0n) is 20.7. The minimum atomic E-state index is -3.62. The summed E-state index contributed by atoms with van der Waals surface area (Å²) >= 11 is 0. The van der Waals surface area contributed by atoms with Crippen molar-refractivity contribution >= 4 is 32.6 Å². The lowest BCUT2D eigenvalue weighted by atomic mass is 10.0. The maximum Gasteiger partial charge on any atom is 0.342 e. The molecule has 3 aromatic carbocycles. The summed E-state index contributed by atoms with van der Waals surface area (Å²) < 4.78 is 62.4. The number of furan rings is 1. The topological polar surface area (TPSA) is 104 Å². The molecule has 4 rings (SSSR count). The highest BCUT2D eigenvalue weighted by Gasteiger charge is 2.26. The molecule has 0 fully saturated rings. The van der Waals surface area contributed by atoms with Crippen LogP contribution in [-0.2, 0) is 14.8 Å². The van der Waals surface area contributed by atoms with Gasteiger partial charge in [0.2, 0.25) is 10.0 Å². The number of carbonyl (C=O) groups is 1. The van der Waals surface area contributed by atoms with Crippen LogP contribution in [0.2, 0.25) is 0 Å². The van der Waals surface area contributed by atoms with E-state index in [1.165, 1.54) is 30.3 Å². The number of sulfonamides is 1. The van der Waals surface area contributed by atoms with Crippen molar-refractivity contribution in [2.75, 3.05) is 17.6 Å². The molecule has 0 saturated heterocycles. The first-order chi connectivity index (χ1) is 17.5. The molecule has 0 bridgehead atoms. The molecule has 0 atom stereocenters. The molecule has 37 heavy (non-hydrogen) atoms. The second-order valence-electron chi connectivity index (χ2n) is 8.49. The Kier molecular flexibility index (Phi) is 7.40. The molecule has 0 unspecified atom stereocenters. The molecule has 0 radical (unpaired) electrons. The van der Waals surface area contributed by atoms with Crippen LogP contribution >= 0.6 is 0 Å². The number of rotatable bonds is 9. The standard InChI is InChI=1S/C27H26FNO7S/c1-5-33-27(30)25-21-14-24(34-16(2)3)22(29-37(4,31)32)15-23(21)36-26(25)17-6-10-19(11-7-17)35-20-12-8-18(28)9-13-20/h6-16,29H,5H2,1-4H3. The first-order valence-corrected chi connectivity index (χ1v) is 13.4. The Morgan fingerprint density at radius 1 is 1.03 bits per heavy atom. The van der Waals surface area contributed by atoms with E-state index < -0.39 is 16.0 Å². The van der Waals surface area contributed by atoms with Gasteiger partial charge in [-0.25, -0.2) is 17.6 Å². The Balaban J connectivity index is 1.80. The second-order valence-corrected chi connectivity index (χ2v) is 10.2. The lowest BCUT2D eigenvalue weighted by Crippen LogP contribution is -2.13. The van der Waals surface area contributed by atoms with Crippen molar-refractivity contribution < 1.29 is 36.2 Å². The minimum Gasteiger partial charge on any atom is -0.489 e. The number of benzene rings is 3. The largest absolute Gasteiger partial charge is 0.489 e. The van der Waals surface area contributed by atoms with E-state index in [1.54, 1.807) is 51.1 Å². The van der Waals surface area contributed by atoms with Crippen molar-refractivity contribution in [1.82, 2.24) is 0 Å². The number of esters is 1. The molecule has 1 N–H and O–H groups in total. The molecule has 1 aromatic heterocycles. The molecule has 0 aliphatic heterocycles. The average Bonchev–Trinajstić information content (AvgIpc) is 3.18. The molecule has 0 saturated carbocycles. The lowest BCUT2D eigenvalue weighted by molar-refractivity contribution is 0.0528. The predicted octanol–water partition coefficient (Wildman–Crippen LogP) is 6.37. The van der Waals surface area contributed by atoms with Gasteiger partial charge in [0.25, 0.3) is 0 Å². The van der Waals surface area contributed by atoms with E-state index in [4.69, 9.17) is 18.6 Å². The summed E-state index contributed by atoms with van der Waals surface area (Å²) in [6.45, 7) is 5.45. The van der Waals surface area contributed by atoms with E-state index in [0.29, 0.717) is 22.4 Å². The normalized spacial score (nSPS) is 11.5. The zero-order chi connectivity index (χ0) is 26.7. The highest BCUT2D eigenvalue weighted by Crippen LogP contribution is 2.40. The summed E-state index contributed by atoms with van der Waals surface area (Å²) in [7, 11) is -3.62. The third-order valence-electron chi connectivity index (χ3n) is 5.09. The smallest absolute Gasteiger partial charge is 0.342 e. The van der Waals surface area contributed by atoms with Crippen LogP contribution in [0.5, 0.6) is 17.2 Å². The Hall–Kier alpha value is -4.05. The monoisotopic (exact) mass is 527 g/mol. The number of ether oxygens (including phenoxy) is 3. The van der Waals surface area contributed by atoms with Crippen LogP contribution in [0, 0.1) is 5.82 Å². The zero-order valence-corrected chi connectivity index (χ0v) is 21.5. The summed E-state index contributed by atoms with van der Waals surface area (Å²) in [5, 5.41) is 0.412. The van der Waals surface area contributed by atoms with E-state index in [-0.39, 0.29) is 46.9 Å². The van der Waals surface area contributed by atoms with Crippen molar-refractivity contribution in [3.8, 4) is 28.6 Å². The van der Waals surface area contributed by atoms with Gasteiger partial charge >= 0.3 is 5.97 Å². The van der Waals surface area contributed by atoms with Crippen molar-refractivity contribution in [3.63, 3.8) is 0 Å². The van der Waals surface area contributed by atoms with Gasteiger partial charge in [0, 0.05) is 17.0 Å². The number of halogens is 1. The van der Waals surface area contributed by atoms with Crippen molar-refractivity contribution in [2.24, 2.45) is 0 Å². The van der Waals surface area contributed by atoms with Crippen LogP contribution in [0.4, 0.5) is 10.1 Å². The molecule has 8 nitrogen and oxygen atoms in total. The van der Waals surface area contributed by atoms with Gasteiger partial charge in [0.1, 0.15) is 40.0 Å². The fourth-order valence-corrected chi connectivity index (χ4v) is 4.24. The van der Waals surface area contributed by atoms with E-state index in [0.717, 1.165) is 6.26 Å². The Morgan fingerprint density at radius 3 is 2.22 bits per heavy atom. The number of carbonyl (C=O) groups excluding carboxylic acids is 1. The van der Waals surface area contributed by atoms with Crippen LogP contribution in [0.15, 0.2) is 65.1 Å². The van der Waals surface area contributed by atoms with Crippen molar-refractivity contribution in [3.05, 3.63) is 72.0 Å². The first kappa shape index (κ1) is 26.0. The maximum absolute atomic E-state index is 13.2. The molecule has 194 valence electrons. The second kappa shape index (κ2) is 10.5. The van der Waals surface area contributed by atoms with Crippen LogP contribution in [0.25, 0.3) is 22.3 Å². The highest BCUT2D eigenvalue weighted by molar-refractivity contribution is 7.92. The van der Waals surface area contributed by atoms with Gasteiger partial charge in [0.15, 0.2) is 0 Å². The third-order valence-corrected chi connectivity index (χ3v) is 5.68. The lowest BCUT2D eigenvalue weighted by Gasteiger charge is -2.15. The van der Waals surface area contributed by atoms with Gasteiger partial charge in [-0.2, -0.15) is 0 Å². The summed E-state index contributed by atoms with van der Waals surface area (Å²) in [4.78, 5) is 13.0. The molecule has 4 aromatic rings. The Bertz CT molecular complexity index is 1530. The van der Waals surface area contributed by atoms with Gasteiger partial charge in [0.05, 0.1) is 24.7 Å². The molecule has 1 heterocycles. The Morgan fingerprint density at radius 2 is 1.65 bits per heavy atom. The number of hydrogen-bond acceptors (Lipinski definition) is 7. The van der Waals surface area contributed by atoms with E-state index >= 15 is 0 Å². The van der Waals surface area contributed by atoms with Gasteiger partial charge < -0.3 is 18.6 Å². The summed E-state index contributed by atoms with van der Waals surface area (Å²) in [5.74, 6) is 0.492. The van der Waals surface area contributed by atoms with Gasteiger partial charge in [-0.05, 0) is 75.4 Å². The molecule has 0 amide bonds. The summed E-state index contributed by atoms with van der Waals surface area (Å²) in [5.41, 5.74) is 1.20. The maximum atomic E-state index is 13.2. The first-order valence-electron chi connectivity index (χ1n) is 11.5.